The van der Waals surface area contributed by atoms with Crippen LogP contribution in [0.25, 0.3) is 0 Å². The molecule has 2 rings (SSSR count). The van der Waals surface area contributed by atoms with Crippen LogP contribution in [0, 0.1) is 0 Å². The highest BCUT2D eigenvalue weighted by atomic mass is 16.2. The van der Waals surface area contributed by atoms with Gasteiger partial charge in [0, 0.05) is 31.7 Å². The Morgan fingerprint density at radius 1 is 1.04 bits per heavy atom. The fourth-order valence-electron chi connectivity index (χ4n) is 2.65. The van der Waals surface area contributed by atoms with E-state index in [1.807, 2.05) is 48.5 Å². The van der Waals surface area contributed by atoms with Gasteiger partial charge in [0.15, 0.2) is 0 Å². The van der Waals surface area contributed by atoms with Crippen LogP contribution >= 0.6 is 0 Å². The van der Waals surface area contributed by atoms with Crippen molar-refractivity contribution in [1.82, 2.24) is 4.90 Å². The fourth-order valence-corrected chi connectivity index (χ4v) is 2.65. The van der Waals surface area contributed by atoms with Crippen molar-refractivity contribution in [2.75, 3.05) is 25.0 Å². The number of nitrogens with two attached hydrogens (primary N) is 1. The van der Waals surface area contributed by atoms with Gasteiger partial charge in [-0.05, 0) is 24.1 Å². The van der Waals surface area contributed by atoms with Crippen molar-refractivity contribution in [3.63, 3.8) is 0 Å². The molecule has 0 aromatic heterocycles. The highest BCUT2D eigenvalue weighted by molar-refractivity contribution is 5.99. The molecule has 0 saturated carbocycles. The number of nitrogens with one attached hydrogen (secondary N) is 1. The van der Waals surface area contributed by atoms with Gasteiger partial charge in [0.2, 0.25) is 5.91 Å². The quantitative estimate of drug-likeness (QED) is 0.646. The number of carbonyl (C=O) groups excluding carboxylic acids is 2. The Bertz CT molecular complexity index is 744. The van der Waals surface area contributed by atoms with Gasteiger partial charge < -0.3 is 16.0 Å². The van der Waals surface area contributed by atoms with Gasteiger partial charge in [-0.2, -0.15) is 0 Å². The van der Waals surface area contributed by atoms with Crippen molar-refractivity contribution in [2.45, 2.75) is 12.8 Å². The van der Waals surface area contributed by atoms with E-state index in [1.165, 1.54) is 0 Å². The van der Waals surface area contributed by atoms with Crippen LogP contribution in [0.2, 0.25) is 0 Å². The van der Waals surface area contributed by atoms with Crippen LogP contribution in [0.3, 0.4) is 0 Å². The van der Waals surface area contributed by atoms with Gasteiger partial charge >= 0.3 is 0 Å². The Balaban J connectivity index is 2.16. The molecule has 2 aromatic carbocycles. The number of nitrogens with zero attached hydrogens (tertiary/aromatic N) is 1. The Hall–Kier alpha value is -3.08. The molecule has 3 N–H and O–H groups in total. The Morgan fingerprint density at radius 2 is 1.73 bits per heavy atom. The molecule has 0 aliphatic carbocycles. The SMILES string of the molecule is C=CCNc1ccccc1C(=O)N(CCC(N)=O)CCc1ccccc1. The van der Waals surface area contributed by atoms with Crippen LogP contribution in [0.1, 0.15) is 22.3 Å². The average Bonchev–Trinajstić information content (AvgIpc) is 2.66. The third-order valence-corrected chi connectivity index (χ3v) is 4.02. The minimum absolute atomic E-state index is 0.116. The summed E-state index contributed by atoms with van der Waals surface area (Å²) in [6.45, 7) is 5.08. The topological polar surface area (TPSA) is 75.4 Å². The van der Waals surface area contributed by atoms with E-state index >= 15 is 0 Å². The second-order valence-electron chi connectivity index (χ2n) is 5.96. The molecule has 26 heavy (non-hydrogen) atoms. The third kappa shape index (κ3) is 5.77. The number of carbonyl (C=O) groups is 2. The largest absolute Gasteiger partial charge is 0.381 e. The molecule has 0 spiro atoms. The number of para-hydroxylation sites is 1. The minimum atomic E-state index is -0.416. The lowest BCUT2D eigenvalue weighted by Crippen LogP contribution is -2.36. The number of amides is 2. The number of rotatable bonds is 10. The van der Waals surface area contributed by atoms with Crippen molar-refractivity contribution in [2.24, 2.45) is 5.73 Å². The predicted octanol–water partition coefficient (Wildman–Crippen LogP) is 2.84. The number of primary amides is 1. The monoisotopic (exact) mass is 351 g/mol. The lowest BCUT2D eigenvalue weighted by Gasteiger charge is -2.24. The molecule has 2 amide bonds. The first-order chi connectivity index (χ1) is 12.6. The molecule has 5 heteroatoms. The van der Waals surface area contributed by atoms with Crippen LogP contribution in [0.5, 0.6) is 0 Å². The summed E-state index contributed by atoms with van der Waals surface area (Å²) in [6.07, 6.45) is 2.60. The molecule has 0 aliphatic heterocycles. The Morgan fingerprint density at radius 3 is 2.42 bits per heavy atom. The summed E-state index contributed by atoms with van der Waals surface area (Å²) in [5.74, 6) is -0.532. The average molecular weight is 351 g/mol. The predicted molar refractivity (Wildman–Crippen MR) is 105 cm³/mol. The molecule has 0 fully saturated rings. The molecular weight excluding hydrogens is 326 g/mol. The van der Waals surface area contributed by atoms with Crippen molar-refractivity contribution in [3.05, 3.63) is 78.4 Å². The Kier molecular flexibility index (Phi) is 7.43. The van der Waals surface area contributed by atoms with Gasteiger partial charge in [0.1, 0.15) is 0 Å². The molecule has 0 heterocycles. The zero-order chi connectivity index (χ0) is 18.8. The van der Waals surface area contributed by atoms with Gasteiger partial charge in [-0.3, -0.25) is 9.59 Å². The van der Waals surface area contributed by atoms with E-state index in [-0.39, 0.29) is 12.3 Å². The summed E-state index contributed by atoms with van der Waals surface area (Å²) in [4.78, 5) is 26.0. The molecule has 0 aliphatic rings. The zero-order valence-electron chi connectivity index (χ0n) is 14.9. The summed E-state index contributed by atoms with van der Waals surface area (Å²) < 4.78 is 0. The normalized spacial score (nSPS) is 10.2. The first kappa shape index (κ1) is 19.2. The summed E-state index contributed by atoms with van der Waals surface area (Å²) in [5.41, 5.74) is 7.75. The van der Waals surface area contributed by atoms with Gasteiger partial charge in [-0.25, -0.2) is 0 Å². The summed E-state index contributed by atoms with van der Waals surface area (Å²) >= 11 is 0. The van der Waals surface area contributed by atoms with E-state index in [4.69, 9.17) is 5.73 Å². The smallest absolute Gasteiger partial charge is 0.255 e. The first-order valence-corrected chi connectivity index (χ1v) is 8.67. The van der Waals surface area contributed by atoms with Crippen LogP contribution in [-0.4, -0.2) is 36.3 Å². The standard InChI is InChI=1S/C21H25N3O2/c1-2-14-23-19-11-7-6-10-18(19)21(26)24(16-13-20(22)25)15-12-17-8-4-3-5-9-17/h2-11,23H,1,12-16H2,(H2,22,25). The summed E-state index contributed by atoms with van der Waals surface area (Å²) in [7, 11) is 0. The summed E-state index contributed by atoms with van der Waals surface area (Å²) in [6, 6.07) is 17.3. The molecule has 0 atom stereocenters. The van der Waals surface area contributed by atoms with Crippen molar-refractivity contribution in [3.8, 4) is 0 Å². The van der Waals surface area contributed by atoms with E-state index in [9.17, 15) is 9.59 Å². The number of hydrogen-bond acceptors (Lipinski definition) is 3. The maximum atomic E-state index is 13.1. The van der Waals surface area contributed by atoms with E-state index in [1.54, 1.807) is 17.0 Å². The second-order valence-corrected chi connectivity index (χ2v) is 5.96. The molecule has 0 radical (unpaired) electrons. The molecular formula is C21H25N3O2. The van der Waals surface area contributed by atoms with Gasteiger partial charge in [-0.1, -0.05) is 48.5 Å². The Labute approximate surface area is 154 Å². The molecule has 2 aromatic rings. The molecule has 0 unspecified atom stereocenters. The van der Waals surface area contributed by atoms with E-state index in [0.29, 0.717) is 31.6 Å². The second kappa shape index (κ2) is 10.0. The fraction of sp³-hybridized carbons (Fsp3) is 0.238. The van der Waals surface area contributed by atoms with Crippen LogP contribution < -0.4 is 11.1 Å². The maximum Gasteiger partial charge on any atom is 0.255 e. The number of benzene rings is 2. The van der Waals surface area contributed by atoms with Gasteiger partial charge in [-0.15, -0.1) is 6.58 Å². The lowest BCUT2D eigenvalue weighted by atomic mass is 10.1. The molecule has 0 bridgehead atoms. The van der Waals surface area contributed by atoms with Crippen molar-refractivity contribution in [1.29, 1.82) is 0 Å². The van der Waals surface area contributed by atoms with E-state index in [2.05, 4.69) is 11.9 Å². The van der Waals surface area contributed by atoms with Crippen LogP contribution in [0.4, 0.5) is 5.69 Å². The highest BCUT2D eigenvalue weighted by Gasteiger charge is 2.19. The third-order valence-electron chi connectivity index (χ3n) is 4.02. The van der Waals surface area contributed by atoms with Gasteiger partial charge in [0.05, 0.1) is 5.56 Å². The van der Waals surface area contributed by atoms with Gasteiger partial charge in [0.25, 0.3) is 5.91 Å². The molecule has 136 valence electrons. The van der Waals surface area contributed by atoms with Crippen LogP contribution in [-0.2, 0) is 11.2 Å². The van der Waals surface area contributed by atoms with Crippen molar-refractivity contribution < 1.29 is 9.59 Å². The van der Waals surface area contributed by atoms with Crippen molar-refractivity contribution >= 4 is 17.5 Å². The number of anilines is 1. The lowest BCUT2D eigenvalue weighted by molar-refractivity contribution is -0.118. The van der Waals surface area contributed by atoms with Crippen LogP contribution in [0.15, 0.2) is 67.3 Å². The maximum absolute atomic E-state index is 13.1. The highest BCUT2D eigenvalue weighted by Crippen LogP contribution is 2.18. The number of hydrogen-bond donors (Lipinski definition) is 2. The summed E-state index contributed by atoms with van der Waals surface area (Å²) in [5, 5.41) is 3.18. The van der Waals surface area contributed by atoms with E-state index in [0.717, 1.165) is 11.3 Å². The van der Waals surface area contributed by atoms with E-state index < -0.39 is 5.91 Å². The minimum Gasteiger partial charge on any atom is -0.381 e. The molecule has 5 nitrogen and oxygen atoms in total. The first-order valence-electron chi connectivity index (χ1n) is 8.67. The molecule has 0 saturated heterocycles. The zero-order valence-corrected chi connectivity index (χ0v) is 14.9.